The third-order valence-corrected chi connectivity index (χ3v) is 5.41. The van der Waals surface area contributed by atoms with E-state index in [1.807, 2.05) is 6.92 Å². The summed E-state index contributed by atoms with van der Waals surface area (Å²) in [5.74, 6) is -1.08. The van der Waals surface area contributed by atoms with Gasteiger partial charge in [-0.25, -0.2) is 13.8 Å². The van der Waals surface area contributed by atoms with Crippen LogP contribution in [0.1, 0.15) is 46.9 Å². The predicted octanol–water partition coefficient (Wildman–Crippen LogP) is 4.19. The van der Waals surface area contributed by atoms with E-state index in [-0.39, 0.29) is 29.4 Å². The fourth-order valence-corrected chi connectivity index (χ4v) is 3.57. The van der Waals surface area contributed by atoms with E-state index in [1.54, 1.807) is 19.1 Å². The van der Waals surface area contributed by atoms with Crippen LogP contribution in [-0.2, 0) is 13.0 Å². The molecular formula is C24H23F2N5O2. The first-order chi connectivity index (χ1) is 15.9. The zero-order chi connectivity index (χ0) is 23.5. The summed E-state index contributed by atoms with van der Waals surface area (Å²) in [4.78, 5) is 36.5. The molecule has 0 unspecified atom stereocenters. The van der Waals surface area contributed by atoms with Crippen molar-refractivity contribution in [2.24, 2.45) is 0 Å². The van der Waals surface area contributed by atoms with E-state index >= 15 is 0 Å². The van der Waals surface area contributed by atoms with Gasteiger partial charge in [0.1, 0.15) is 11.6 Å². The summed E-state index contributed by atoms with van der Waals surface area (Å²) in [7, 11) is 0. The molecule has 33 heavy (non-hydrogen) atoms. The Balaban J connectivity index is 1.79. The Hall–Kier alpha value is -3.88. The summed E-state index contributed by atoms with van der Waals surface area (Å²) >= 11 is 0. The zero-order valence-electron chi connectivity index (χ0n) is 18.3. The Bertz CT molecular complexity index is 1340. The second-order valence-electron chi connectivity index (χ2n) is 7.79. The molecule has 2 aromatic heterocycles. The van der Waals surface area contributed by atoms with Crippen LogP contribution in [0.2, 0.25) is 0 Å². The number of hydrogen-bond acceptors (Lipinski definition) is 4. The van der Waals surface area contributed by atoms with Crippen molar-refractivity contribution in [3.8, 4) is 0 Å². The molecule has 0 aliphatic heterocycles. The van der Waals surface area contributed by atoms with Crippen molar-refractivity contribution >= 4 is 17.6 Å². The second kappa shape index (κ2) is 9.32. The van der Waals surface area contributed by atoms with Crippen molar-refractivity contribution < 1.29 is 13.6 Å². The average molecular weight is 451 g/mol. The molecular weight excluding hydrogens is 428 g/mol. The highest BCUT2D eigenvalue weighted by atomic mass is 19.1. The number of aryl methyl sites for hydroxylation is 1. The Labute approximate surface area is 188 Å². The third kappa shape index (κ3) is 4.67. The number of fused-ring (bicyclic) bond motifs is 1. The van der Waals surface area contributed by atoms with Crippen LogP contribution in [-0.4, -0.2) is 25.5 Å². The first kappa shape index (κ1) is 22.3. The van der Waals surface area contributed by atoms with Crippen LogP contribution in [0.4, 0.5) is 14.7 Å². The van der Waals surface area contributed by atoms with Gasteiger partial charge >= 0.3 is 0 Å². The van der Waals surface area contributed by atoms with E-state index in [9.17, 15) is 18.4 Å². The molecule has 0 fully saturated rings. The highest BCUT2D eigenvalue weighted by molar-refractivity contribution is 6.05. The highest BCUT2D eigenvalue weighted by Gasteiger charge is 2.23. The number of amides is 1. The first-order valence-electron chi connectivity index (χ1n) is 10.7. The minimum Gasteiger partial charge on any atom is -0.272 e. The normalized spacial score (nSPS) is 11.2. The number of unbranched alkanes of at least 4 members (excludes halogenated alkanes) is 1. The number of aromatic amines is 1. The number of rotatable bonds is 7. The topological polar surface area (TPSA) is 83.4 Å². The van der Waals surface area contributed by atoms with Gasteiger partial charge in [-0.2, -0.15) is 9.50 Å². The van der Waals surface area contributed by atoms with Crippen molar-refractivity contribution in [1.82, 2.24) is 19.6 Å². The maximum atomic E-state index is 13.4. The third-order valence-electron chi connectivity index (χ3n) is 5.41. The van der Waals surface area contributed by atoms with Gasteiger partial charge < -0.3 is 0 Å². The van der Waals surface area contributed by atoms with Gasteiger partial charge in [-0.05, 0) is 61.7 Å². The molecule has 4 rings (SSSR count). The molecule has 0 aliphatic carbocycles. The van der Waals surface area contributed by atoms with Crippen LogP contribution in [0.15, 0.2) is 53.3 Å². The molecule has 0 radical (unpaired) electrons. The van der Waals surface area contributed by atoms with Gasteiger partial charge in [0.2, 0.25) is 5.95 Å². The Morgan fingerprint density at radius 1 is 1.03 bits per heavy atom. The highest BCUT2D eigenvalue weighted by Crippen LogP contribution is 2.18. The van der Waals surface area contributed by atoms with Gasteiger partial charge in [-0.15, -0.1) is 0 Å². The Morgan fingerprint density at radius 2 is 1.67 bits per heavy atom. The van der Waals surface area contributed by atoms with Crippen molar-refractivity contribution in [2.45, 2.75) is 39.7 Å². The second-order valence-corrected chi connectivity index (χ2v) is 7.79. The van der Waals surface area contributed by atoms with E-state index < -0.39 is 17.5 Å². The van der Waals surface area contributed by atoms with Crippen molar-refractivity contribution in [1.29, 1.82) is 0 Å². The predicted molar refractivity (Wildman–Crippen MR) is 120 cm³/mol. The number of nitrogens with zero attached hydrogens (tertiary/aromatic N) is 4. The molecule has 0 bridgehead atoms. The lowest BCUT2D eigenvalue weighted by atomic mass is 10.1. The van der Waals surface area contributed by atoms with Gasteiger partial charge in [-0.1, -0.05) is 25.5 Å². The van der Waals surface area contributed by atoms with Crippen LogP contribution >= 0.6 is 0 Å². The molecule has 2 aromatic carbocycles. The minimum absolute atomic E-state index is 0.0483. The minimum atomic E-state index is -0.466. The lowest BCUT2D eigenvalue weighted by molar-refractivity contribution is 0.0983. The number of H-pyrrole nitrogens is 1. The van der Waals surface area contributed by atoms with Gasteiger partial charge in [0.25, 0.3) is 17.2 Å². The summed E-state index contributed by atoms with van der Waals surface area (Å²) in [6.07, 6.45) is 2.39. The molecule has 7 nitrogen and oxygen atoms in total. The number of benzene rings is 2. The fraction of sp³-hybridized carbons (Fsp3) is 0.250. The number of carbonyl (C=O) groups excluding carboxylic acids is 1. The molecule has 0 saturated heterocycles. The molecule has 2 heterocycles. The lowest BCUT2D eigenvalue weighted by Crippen LogP contribution is -2.31. The van der Waals surface area contributed by atoms with E-state index in [0.29, 0.717) is 23.2 Å². The number of anilines is 1. The van der Waals surface area contributed by atoms with E-state index in [2.05, 4.69) is 15.1 Å². The summed E-state index contributed by atoms with van der Waals surface area (Å²) in [6, 6.07) is 10.8. The standard InChI is InChI=1S/C24H23F2N5O2/c1-3-4-5-20-15(2)27-23-28-24(29-31(23)22(20)33)30(14-16-6-10-18(25)11-7-16)21(32)17-8-12-19(26)13-9-17/h6-13H,3-5,14H2,1-2H3,(H,27,28,29). The summed E-state index contributed by atoms with van der Waals surface area (Å²) in [5, 5.41) is 2.89. The average Bonchev–Trinajstić information content (AvgIpc) is 3.22. The summed E-state index contributed by atoms with van der Waals surface area (Å²) in [5.41, 5.74) is 1.81. The number of carbonyl (C=O) groups is 1. The lowest BCUT2D eigenvalue weighted by Gasteiger charge is -2.20. The summed E-state index contributed by atoms with van der Waals surface area (Å²) in [6.45, 7) is 3.86. The molecule has 170 valence electrons. The molecule has 0 saturated carbocycles. The van der Waals surface area contributed by atoms with Crippen LogP contribution in [0.5, 0.6) is 0 Å². The van der Waals surface area contributed by atoms with Gasteiger partial charge in [0.15, 0.2) is 0 Å². The number of nitrogens with one attached hydrogen (secondary N) is 1. The summed E-state index contributed by atoms with van der Waals surface area (Å²) < 4.78 is 28.0. The quantitative estimate of drug-likeness (QED) is 0.457. The molecule has 0 spiro atoms. The maximum absolute atomic E-state index is 13.4. The van der Waals surface area contributed by atoms with Gasteiger partial charge in [0.05, 0.1) is 12.2 Å². The maximum Gasteiger partial charge on any atom is 0.277 e. The smallest absolute Gasteiger partial charge is 0.272 e. The van der Waals surface area contributed by atoms with Crippen LogP contribution < -0.4 is 10.5 Å². The van der Waals surface area contributed by atoms with Crippen LogP contribution in [0.3, 0.4) is 0 Å². The Kier molecular flexibility index (Phi) is 6.30. The van der Waals surface area contributed by atoms with Crippen LogP contribution in [0, 0.1) is 18.6 Å². The van der Waals surface area contributed by atoms with E-state index in [0.717, 1.165) is 12.8 Å². The number of aromatic nitrogens is 4. The molecule has 0 atom stereocenters. The number of halogens is 2. The number of hydrogen-bond donors (Lipinski definition) is 1. The zero-order valence-corrected chi connectivity index (χ0v) is 18.3. The van der Waals surface area contributed by atoms with E-state index in [1.165, 1.54) is 45.8 Å². The van der Waals surface area contributed by atoms with Crippen molar-refractivity contribution in [2.75, 3.05) is 4.90 Å². The van der Waals surface area contributed by atoms with Crippen molar-refractivity contribution in [3.63, 3.8) is 0 Å². The van der Waals surface area contributed by atoms with E-state index in [4.69, 9.17) is 0 Å². The molecule has 0 aliphatic rings. The van der Waals surface area contributed by atoms with Crippen molar-refractivity contribution in [3.05, 3.63) is 92.9 Å². The monoisotopic (exact) mass is 451 g/mol. The largest absolute Gasteiger partial charge is 0.277 e. The fourth-order valence-electron chi connectivity index (χ4n) is 3.57. The van der Waals surface area contributed by atoms with Gasteiger partial charge in [0, 0.05) is 11.1 Å². The Morgan fingerprint density at radius 3 is 2.30 bits per heavy atom. The SMILES string of the molecule is CCCCc1c(C)nc2nc(N(Cc3ccc(F)cc3)C(=O)c3ccc(F)cc3)[nH]n2c1=O. The molecule has 1 N–H and O–H groups in total. The van der Waals surface area contributed by atoms with Crippen LogP contribution in [0.25, 0.3) is 5.78 Å². The first-order valence-corrected chi connectivity index (χ1v) is 10.7. The van der Waals surface area contributed by atoms with Gasteiger partial charge in [-0.3, -0.25) is 19.6 Å². The molecule has 1 amide bonds. The molecule has 9 heteroatoms. The molecule has 4 aromatic rings.